The monoisotopic (exact) mass is 215 g/mol. The molecule has 0 amide bonds. The number of aliphatic hydroxyl groups is 1. The largest absolute Gasteiger partial charge is 0.392 e. The van der Waals surface area contributed by atoms with Crippen LogP contribution in [-0.4, -0.2) is 18.2 Å². The van der Waals surface area contributed by atoms with E-state index in [0.29, 0.717) is 13.1 Å². The second-order valence-corrected chi connectivity index (χ2v) is 3.24. The lowest BCUT2D eigenvalue weighted by Gasteiger charge is -2.22. The minimum absolute atomic E-state index is 0.0165. The van der Waals surface area contributed by atoms with Crippen LogP contribution in [0.3, 0.4) is 0 Å². The van der Waals surface area contributed by atoms with Crippen LogP contribution in [0.25, 0.3) is 0 Å². The number of nitrogens with zero attached hydrogens (tertiary/aromatic N) is 1. The molecule has 0 unspecified atom stereocenters. The molecule has 2 nitrogen and oxygen atoms in total. The lowest BCUT2D eigenvalue weighted by molar-refractivity contribution is 0.280. The quantitative estimate of drug-likeness (QED) is 0.833. The van der Waals surface area contributed by atoms with Crippen molar-refractivity contribution in [3.8, 4) is 0 Å². The van der Waals surface area contributed by atoms with Gasteiger partial charge < -0.3 is 10.0 Å². The van der Waals surface area contributed by atoms with Crippen LogP contribution < -0.4 is 4.90 Å². The fraction of sp³-hybridized carbons (Fsp3) is 0.455. The van der Waals surface area contributed by atoms with E-state index in [4.69, 9.17) is 5.11 Å². The van der Waals surface area contributed by atoms with E-state index < -0.39 is 11.6 Å². The van der Waals surface area contributed by atoms with Crippen LogP contribution in [0, 0.1) is 11.6 Å². The Morgan fingerprint density at radius 3 is 1.93 bits per heavy atom. The first-order valence-corrected chi connectivity index (χ1v) is 4.97. The van der Waals surface area contributed by atoms with Crippen molar-refractivity contribution in [2.24, 2.45) is 0 Å². The molecule has 0 aliphatic carbocycles. The fourth-order valence-electron chi connectivity index (χ4n) is 1.55. The molecule has 0 spiro atoms. The van der Waals surface area contributed by atoms with Gasteiger partial charge in [0.1, 0.15) is 17.3 Å². The molecule has 4 heteroatoms. The zero-order valence-corrected chi connectivity index (χ0v) is 8.93. The molecular weight excluding hydrogens is 200 g/mol. The predicted octanol–water partition coefficient (Wildman–Crippen LogP) is 2.30. The number of hydrogen-bond donors (Lipinski definition) is 1. The summed E-state index contributed by atoms with van der Waals surface area (Å²) < 4.78 is 27.1. The van der Waals surface area contributed by atoms with E-state index in [9.17, 15) is 8.78 Å². The van der Waals surface area contributed by atoms with E-state index in [2.05, 4.69) is 0 Å². The Labute approximate surface area is 88.1 Å². The summed E-state index contributed by atoms with van der Waals surface area (Å²) in [5, 5.41) is 8.78. The highest BCUT2D eigenvalue weighted by atomic mass is 19.1. The van der Waals surface area contributed by atoms with Gasteiger partial charge in [0.2, 0.25) is 0 Å². The van der Waals surface area contributed by atoms with E-state index in [1.165, 1.54) is 0 Å². The lowest BCUT2D eigenvalue weighted by Crippen LogP contribution is -2.24. The van der Waals surface area contributed by atoms with E-state index >= 15 is 0 Å². The molecular formula is C11H15F2NO. The van der Waals surface area contributed by atoms with Gasteiger partial charge in [-0.3, -0.25) is 0 Å². The first kappa shape index (κ1) is 11.9. The second kappa shape index (κ2) is 5.07. The Kier molecular flexibility index (Phi) is 4.03. The molecule has 1 aromatic rings. The Bertz CT molecular complexity index is 314. The third-order valence-electron chi connectivity index (χ3n) is 2.34. The van der Waals surface area contributed by atoms with Crippen molar-refractivity contribution < 1.29 is 13.9 Å². The van der Waals surface area contributed by atoms with Crippen LogP contribution >= 0.6 is 0 Å². The molecule has 0 saturated carbocycles. The molecule has 0 atom stereocenters. The third-order valence-corrected chi connectivity index (χ3v) is 2.34. The molecule has 0 aliphatic heterocycles. The van der Waals surface area contributed by atoms with E-state index in [0.717, 1.165) is 12.1 Å². The first-order chi connectivity index (χ1) is 7.13. The van der Waals surface area contributed by atoms with Gasteiger partial charge in [0.15, 0.2) is 0 Å². The normalized spacial score (nSPS) is 10.5. The van der Waals surface area contributed by atoms with Gasteiger partial charge in [-0.1, -0.05) is 0 Å². The number of hydrogen-bond acceptors (Lipinski definition) is 2. The molecule has 15 heavy (non-hydrogen) atoms. The molecule has 0 fully saturated rings. The van der Waals surface area contributed by atoms with E-state index in [1.54, 1.807) is 4.90 Å². The molecule has 0 saturated heterocycles. The van der Waals surface area contributed by atoms with Crippen LogP contribution in [0.2, 0.25) is 0 Å². The predicted molar refractivity (Wildman–Crippen MR) is 55.8 cm³/mol. The SMILES string of the molecule is CCN(CC)c1c(F)cc(CO)cc1F. The molecule has 1 rings (SSSR count). The van der Waals surface area contributed by atoms with E-state index in [1.807, 2.05) is 13.8 Å². The number of benzene rings is 1. The second-order valence-electron chi connectivity index (χ2n) is 3.24. The Balaban J connectivity index is 3.18. The van der Waals surface area contributed by atoms with Gasteiger partial charge in [0.25, 0.3) is 0 Å². The Hall–Kier alpha value is -1.16. The maximum Gasteiger partial charge on any atom is 0.149 e. The average molecular weight is 215 g/mol. The summed E-state index contributed by atoms with van der Waals surface area (Å²) in [5.41, 5.74) is 0.234. The van der Waals surface area contributed by atoms with Crippen molar-refractivity contribution >= 4 is 5.69 Å². The molecule has 1 N–H and O–H groups in total. The van der Waals surface area contributed by atoms with Crippen molar-refractivity contribution in [3.05, 3.63) is 29.3 Å². The highest BCUT2D eigenvalue weighted by molar-refractivity contribution is 5.50. The van der Waals surface area contributed by atoms with Gasteiger partial charge in [0, 0.05) is 13.1 Å². The van der Waals surface area contributed by atoms with Crippen molar-refractivity contribution in [3.63, 3.8) is 0 Å². The smallest absolute Gasteiger partial charge is 0.149 e. The van der Waals surface area contributed by atoms with Crippen LogP contribution in [-0.2, 0) is 6.61 Å². The zero-order valence-electron chi connectivity index (χ0n) is 8.93. The Morgan fingerprint density at radius 2 is 1.60 bits per heavy atom. The molecule has 1 aromatic carbocycles. The molecule has 84 valence electrons. The number of aliphatic hydroxyl groups excluding tert-OH is 1. The standard InChI is InChI=1S/C11H15F2NO/c1-3-14(4-2)11-9(12)5-8(7-15)6-10(11)13/h5-6,15H,3-4,7H2,1-2H3. The van der Waals surface area contributed by atoms with Crippen LogP contribution in [0.4, 0.5) is 14.5 Å². The summed E-state index contributed by atoms with van der Waals surface area (Å²) in [4.78, 5) is 1.60. The van der Waals surface area contributed by atoms with Crippen LogP contribution in [0.1, 0.15) is 19.4 Å². The summed E-state index contributed by atoms with van der Waals surface area (Å²) in [6, 6.07) is 2.33. The highest BCUT2D eigenvalue weighted by Crippen LogP contribution is 2.24. The van der Waals surface area contributed by atoms with Crippen molar-refractivity contribution in [2.75, 3.05) is 18.0 Å². The summed E-state index contributed by atoms with van der Waals surface area (Å²) in [6.45, 7) is 4.41. The number of anilines is 1. The summed E-state index contributed by atoms with van der Waals surface area (Å²) in [7, 11) is 0. The maximum absolute atomic E-state index is 13.5. The minimum Gasteiger partial charge on any atom is -0.392 e. The van der Waals surface area contributed by atoms with Gasteiger partial charge in [0.05, 0.1) is 6.61 Å². The van der Waals surface area contributed by atoms with Gasteiger partial charge in [-0.25, -0.2) is 8.78 Å². The maximum atomic E-state index is 13.5. The Morgan fingerprint density at radius 1 is 1.13 bits per heavy atom. The molecule has 0 aliphatic rings. The molecule has 0 bridgehead atoms. The topological polar surface area (TPSA) is 23.5 Å². The van der Waals surface area contributed by atoms with Gasteiger partial charge in [-0.05, 0) is 31.5 Å². The van der Waals surface area contributed by atoms with Gasteiger partial charge in [-0.15, -0.1) is 0 Å². The summed E-state index contributed by atoms with van der Waals surface area (Å²) >= 11 is 0. The van der Waals surface area contributed by atoms with E-state index in [-0.39, 0.29) is 17.9 Å². The molecule has 0 aromatic heterocycles. The first-order valence-electron chi connectivity index (χ1n) is 4.97. The summed E-state index contributed by atoms with van der Waals surface area (Å²) in [6.07, 6.45) is 0. The number of rotatable bonds is 4. The minimum atomic E-state index is -0.622. The highest BCUT2D eigenvalue weighted by Gasteiger charge is 2.15. The van der Waals surface area contributed by atoms with Crippen LogP contribution in [0.5, 0.6) is 0 Å². The van der Waals surface area contributed by atoms with Crippen LogP contribution in [0.15, 0.2) is 12.1 Å². The third kappa shape index (κ3) is 2.45. The fourth-order valence-corrected chi connectivity index (χ4v) is 1.55. The summed E-state index contributed by atoms with van der Waals surface area (Å²) in [5.74, 6) is -1.24. The van der Waals surface area contributed by atoms with Crippen molar-refractivity contribution in [1.29, 1.82) is 0 Å². The lowest BCUT2D eigenvalue weighted by atomic mass is 10.2. The average Bonchev–Trinajstić information content (AvgIpc) is 2.23. The van der Waals surface area contributed by atoms with Crippen molar-refractivity contribution in [2.45, 2.75) is 20.5 Å². The molecule has 0 radical (unpaired) electrons. The van der Waals surface area contributed by atoms with Gasteiger partial charge in [-0.2, -0.15) is 0 Å². The number of halogens is 2. The van der Waals surface area contributed by atoms with Crippen molar-refractivity contribution in [1.82, 2.24) is 0 Å². The zero-order chi connectivity index (χ0) is 11.4. The molecule has 0 heterocycles. The van der Waals surface area contributed by atoms with Gasteiger partial charge >= 0.3 is 0 Å².